The van der Waals surface area contributed by atoms with E-state index in [4.69, 9.17) is 5.11 Å². The van der Waals surface area contributed by atoms with E-state index >= 15 is 0 Å². The molecule has 0 aromatic heterocycles. The molecule has 1 rings (SSSR count). The lowest BCUT2D eigenvalue weighted by atomic mass is 10.1. The van der Waals surface area contributed by atoms with Gasteiger partial charge in [0.25, 0.3) is 0 Å². The maximum absolute atomic E-state index is 12.2. The van der Waals surface area contributed by atoms with Crippen LogP contribution in [0.3, 0.4) is 0 Å². The van der Waals surface area contributed by atoms with Crippen LogP contribution < -0.4 is 5.32 Å². The molecule has 1 saturated heterocycles. The molecule has 1 fully saturated rings. The number of carboxylic acids is 1. The summed E-state index contributed by atoms with van der Waals surface area (Å²) in [5.74, 6) is -0.936. The number of nitrogens with zero attached hydrogens (tertiary/aromatic N) is 1. The summed E-state index contributed by atoms with van der Waals surface area (Å²) < 4.78 is 22.7. The molecule has 0 aromatic rings. The summed E-state index contributed by atoms with van der Waals surface area (Å²) in [6.07, 6.45) is 0.263. The van der Waals surface area contributed by atoms with Crippen LogP contribution in [-0.2, 0) is 14.6 Å². The van der Waals surface area contributed by atoms with Gasteiger partial charge in [-0.15, -0.1) is 0 Å². The molecule has 116 valence electrons. The zero-order valence-corrected chi connectivity index (χ0v) is 12.9. The topological polar surface area (TPSA) is 104 Å². The summed E-state index contributed by atoms with van der Waals surface area (Å²) in [7, 11) is -3.06. The first-order chi connectivity index (χ1) is 9.01. The van der Waals surface area contributed by atoms with Gasteiger partial charge in [-0.2, -0.15) is 0 Å². The Morgan fingerprint density at radius 3 is 2.35 bits per heavy atom. The van der Waals surface area contributed by atoms with Crippen molar-refractivity contribution in [2.75, 3.05) is 18.1 Å². The molecule has 0 spiro atoms. The van der Waals surface area contributed by atoms with Gasteiger partial charge in [0.15, 0.2) is 9.84 Å². The van der Waals surface area contributed by atoms with Crippen LogP contribution in [0.5, 0.6) is 0 Å². The Morgan fingerprint density at radius 2 is 1.95 bits per heavy atom. The number of amides is 2. The number of carbonyl (C=O) groups is 2. The first-order valence-electron chi connectivity index (χ1n) is 6.51. The van der Waals surface area contributed by atoms with E-state index in [1.807, 2.05) is 0 Å². The number of urea groups is 1. The van der Waals surface area contributed by atoms with E-state index in [0.29, 0.717) is 6.42 Å². The second-order valence-electron chi connectivity index (χ2n) is 6.02. The number of nitrogens with one attached hydrogen (secondary N) is 1. The van der Waals surface area contributed by atoms with Crippen molar-refractivity contribution in [3.05, 3.63) is 0 Å². The molecule has 1 unspecified atom stereocenters. The smallest absolute Gasteiger partial charge is 0.318 e. The van der Waals surface area contributed by atoms with E-state index in [-0.39, 0.29) is 30.5 Å². The Morgan fingerprint density at radius 1 is 1.35 bits per heavy atom. The summed E-state index contributed by atoms with van der Waals surface area (Å²) in [4.78, 5) is 24.3. The molecule has 8 heteroatoms. The quantitative estimate of drug-likeness (QED) is 0.785. The number of aliphatic carboxylic acids is 1. The number of sulfone groups is 1. The zero-order chi connectivity index (χ0) is 15.6. The van der Waals surface area contributed by atoms with Crippen LogP contribution in [0.4, 0.5) is 4.79 Å². The lowest BCUT2D eigenvalue weighted by Crippen LogP contribution is -2.53. The minimum atomic E-state index is -3.06. The lowest BCUT2D eigenvalue weighted by molar-refractivity contribution is -0.137. The van der Waals surface area contributed by atoms with Gasteiger partial charge in [-0.25, -0.2) is 13.2 Å². The number of carboxylic acid groups (broad SMARTS) is 1. The Labute approximate surface area is 119 Å². The van der Waals surface area contributed by atoms with Gasteiger partial charge in [0, 0.05) is 18.1 Å². The van der Waals surface area contributed by atoms with Gasteiger partial charge >= 0.3 is 12.0 Å². The SMILES string of the molecule is CC(C)(C)N(CCC(=O)O)C(=O)NC1CCS(=O)(=O)C1. The van der Waals surface area contributed by atoms with E-state index in [9.17, 15) is 18.0 Å². The van der Waals surface area contributed by atoms with E-state index < -0.39 is 27.4 Å². The highest BCUT2D eigenvalue weighted by molar-refractivity contribution is 7.91. The van der Waals surface area contributed by atoms with E-state index in [1.165, 1.54) is 4.90 Å². The van der Waals surface area contributed by atoms with Crippen molar-refractivity contribution in [3.8, 4) is 0 Å². The third-order valence-corrected chi connectivity index (χ3v) is 4.93. The summed E-state index contributed by atoms with van der Waals surface area (Å²) in [5, 5.41) is 11.4. The Kier molecular flexibility index (Phi) is 5.01. The second kappa shape index (κ2) is 5.99. The minimum absolute atomic E-state index is 0.0460. The molecule has 1 aliphatic heterocycles. The molecule has 0 aliphatic carbocycles. The van der Waals surface area contributed by atoms with Gasteiger partial charge < -0.3 is 15.3 Å². The summed E-state index contributed by atoms with van der Waals surface area (Å²) >= 11 is 0. The number of hydrogen-bond donors (Lipinski definition) is 2. The molecule has 0 radical (unpaired) electrons. The molecule has 1 atom stereocenters. The molecule has 2 amide bonds. The van der Waals surface area contributed by atoms with E-state index in [1.54, 1.807) is 20.8 Å². The number of carbonyl (C=O) groups excluding carboxylic acids is 1. The lowest BCUT2D eigenvalue weighted by Gasteiger charge is -2.36. The van der Waals surface area contributed by atoms with E-state index in [0.717, 1.165) is 0 Å². The zero-order valence-electron chi connectivity index (χ0n) is 12.0. The summed E-state index contributed by atoms with van der Waals surface area (Å²) in [6.45, 7) is 5.50. The normalized spacial score (nSPS) is 21.4. The van der Waals surface area contributed by atoms with Gasteiger partial charge in [0.05, 0.1) is 17.9 Å². The molecule has 20 heavy (non-hydrogen) atoms. The molecule has 0 saturated carbocycles. The molecule has 1 aliphatic rings. The Balaban J connectivity index is 2.67. The highest BCUT2D eigenvalue weighted by Crippen LogP contribution is 2.16. The average molecular weight is 306 g/mol. The van der Waals surface area contributed by atoms with Crippen LogP contribution in [0.15, 0.2) is 0 Å². The third kappa shape index (κ3) is 4.99. The van der Waals surface area contributed by atoms with Gasteiger partial charge in [0.1, 0.15) is 0 Å². The third-order valence-electron chi connectivity index (χ3n) is 3.16. The van der Waals surface area contributed by atoms with Crippen molar-refractivity contribution >= 4 is 21.8 Å². The van der Waals surface area contributed by atoms with Crippen molar-refractivity contribution in [1.29, 1.82) is 0 Å². The predicted molar refractivity (Wildman–Crippen MR) is 74.3 cm³/mol. The van der Waals surface area contributed by atoms with Gasteiger partial charge in [-0.05, 0) is 27.2 Å². The van der Waals surface area contributed by atoms with Gasteiger partial charge in [-0.1, -0.05) is 0 Å². The highest BCUT2D eigenvalue weighted by Gasteiger charge is 2.32. The van der Waals surface area contributed by atoms with Crippen LogP contribution >= 0.6 is 0 Å². The molecule has 0 aromatic carbocycles. The van der Waals surface area contributed by atoms with Crippen molar-refractivity contribution in [2.45, 2.75) is 45.2 Å². The Bertz CT molecular complexity index is 481. The first kappa shape index (κ1) is 16.7. The fourth-order valence-electron chi connectivity index (χ4n) is 2.11. The van der Waals surface area contributed by atoms with Crippen molar-refractivity contribution in [2.24, 2.45) is 0 Å². The van der Waals surface area contributed by atoms with Crippen molar-refractivity contribution in [3.63, 3.8) is 0 Å². The fourth-order valence-corrected chi connectivity index (χ4v) is 3.78. The molecule has 7 nitrogen and oxygen atoms in total. The maximum atomic E-state index is 12.2. The minimum Gasteiger partial charge on any atom is -0.481 e. The predicted octanol–water partition coefficient (Wildman–Crippen LogP) is 0.458. The maximum Gasteiger partial charge on any atom is 0.318 e. The second-order valence-corrected chi connectivity index (χ2v) is 8.24. The van der Waals surface area contributed by atoms with Gasteiger partial charge in [0.2, 0.25) is 0 Å². The van der Waals surface area contributed by atoms with Crippen LogP contribution in [-0.4, -0.2) is 60.1 Å². The van der Waals surface area contributed by atoms with Crippen LogP contribution in [0.2, 0.25) is 0 Å². The number of hydrogen-bond acceptors (Lipinski definition) is 4. The van der Waals surface area contributed by atoms with Crippen molar-refractivity contribution < 1.29 is 23.1 Å². The molecule has 1 heterocycles. The summed E-state index contributed by atoms with van der Waals surface area (Å²) in [5.41, 5.74) is -0.531. The fraction of sp³-hybridized carbons (Fsp3) is 0.833. The van der Waals surface area contributed by atoms with Gasteiger partial charge in [-0.3, -0.25) is 4.79 Å². The summed E-state index contributed by atoms with van der Waals surface area (Å²) in [6, 6.07) is -0.803. The van der Waals surface area contributed by atoms with Crippen LogP contribution in [0, 0.1) is 0 Å². The largest absolute Gasteiger partial charge is 0.481 e. The Hall–Kier alpha value is -1.31. The standard InChI is InChI=1S/C12H22N2O5S/c1-12(2,3)14(6-4-10(15)16)11(17)13-9-5-7-20(18,19)8-9/h9H,4-8H2,1-3H3,(H,13,17)(H,15,16). The molecule has 0 bridgehead atoms. The molecule has 2 N–H and O–H groups in total. The molecular weight excluding hydrogens is 284 g/mol. The monoisotopic (exact) mass is 306 g/mol. The average Bonchev–Trinajstić information content (AvgIpc) is 2.55. The van der Waals surface area contributed by atoms with Crippen LogP contribution in [0.1, 0.15) is 33.6 Å². The van der Waals surface area contributed by atoms with Crippen LogP contribution in [0.25, 0.3) is 0 Å². The first-order valence-corrected chi connectivity index (χ1v) is 8.34. The van der Waals surface area contributed by atoms with E-state index in [2.05, 4.69) is 5.32 Å². The van der Waals surface area contributed by atoms with Crippen molar-refractivity contribution in [1.82, 2.24) is 10.2 Å². The molecular formula is C12H22N2O5S. The highest BCUT2D eigenvalue weighted by atomic mass is 32.2. The number of rotatable bonds is 4.